The summed E-state index contributed by atoms with van der Waals surface area (Å²) in [6.45, 7) is 0. The molecule has 1 aliphatic rings. The van der Waals surface area contributed by atoms with Gasteiger partial charge in [-0.15, -0.1) is 6.08 Å². The van der Waals surface area contributed by atoms with E-state index in [1.54, 1.807) is 0 Å². The van der Waals surface area contributed by atoms with E-state index in [0.29, 0.717) is 0 Å². The Morgan fingerprint density at radius 3 is 1.18 bits per heavy atom. The van der Waals surface area contributed by atoms with Crippen molar-refractivity contribution >= 4 is 0 Å². The minimum atomic E-state index is 0. The molecule has 0 heterocycles. The molecule has 3 N–H and O–H groups in total. The van der Waals surface area contributed by atoms with Gasteiger partial charge in [0.15, 0.2) is 0 Å². The van der Waals surface area contributed by atoms with Gasteiger partial charge < -0.3 is 63.9 Å². The molecule has 0 aromatic carbocycles. The first-order valence-corrected chi connectivity index (χ1v) is 2.89. The summed E-state index contributed by atoms with van der Waals surface area (Å²) >= 11 is 0. The summed E-state index contributed by atoms with van der Waals surface area (Å²) in [5.74, 6) is 0. The Hall–Kier alpha value is -0.106. The molecule has 0 atom stereocenters. The molecule has 0 fully saturated rings. The van der Waals surface area contributed by atoms with Gasteiger partial charge in [0.2, 0.25) is 0 Å². The molecule has 0 aliphatic heterocycles. The number of aliphatic hydroxyl groups excluding tert-OH is 3. The van der Waals surface area contributed by atoms with Gasteiger partial charge in [0.1, 0.15) is 0 Å². The summed E-state index contributed by atoms with van der Waals surface area (Å²) in [5, 5.41) is 21.0. The molecule has 4 heteroatoms. The maximum Gasteiger partial charge on any atom is 0.0319 e. The van der Waals surface area contributed by atoms with Crippen LogP contribution in [0.4, 0.5) is 0 Å². The average Bonchev–Trinajstić information content (AvgIpc) is 2.71. The normalized spacial score (nSPS) is 5.29. The van der Waals surface area contributed by atoms with E-state index in [1.165, 1.54) is 0 Å². The van der Waals surface area contributed by atoms with Crippen LogP contribution in [0.25, 0.3) is 0 Å². The second-order valence-electron chi connectivity index (χ2n) is 0.854. The zero-order chi connectivity index (χ0) is 9.54. The number of hydrogen-bond acceptors (Lipinski definition) is 3. The van der Waals surface area contributed by atoms with Crippen LogP contribution < -0.4 is 0 Å². The van der Waals surface area contributed by atoms with Gasteiger partial charge in [0.25, 0.3) is 0 Å². The van der Waals surface area contributed by atoms with Crippen LogP contribution in [0.3, 0.4) is 0 Å². The second-order valence-corrected chi connectivity index (χ2v) is 0.854. The maximum atomic E-state index is 7.00. The van der Waals surface area contributed by atoms with Gasteiger partial charge in [-0.05, 0) is 0 Å². The molecule has 0 saturated carbocycles. The van der Waals surface area contributed by atoms with Crippen molar-refractivity contribution in [1.82, 2.24) is 0 Å². The van der Waals surface area contributed by atoms with Gasteiger partial charge in [-0.3, -0.25) is 0 Å². The molecule has 0 saturated heterocycles. The van der Waals surface area contributed by atoms with E-state index < -0.39 is 0 Å². The van der Waals surface area contributed by atoms with Crippen molar-refractivity contribution in [2.75, 3.05) is 21.3 Å². The van der Waals surface area contributed by atoms with Gasteiger partial charge >= 0.3 is 0 Å². The SMILES string of the molecule is C1=C=CC[C-]=1.CO.CO.CO.[CH3-].[CH3-].[CH3-].[CH3-].[CH3-].[Ti]. The molecule has 0 bridgehead atoms. The van der Waals surface area contributed by atoms with E-state index in [-0.39, 0.29) is 58.9 Å². The smallest absolute Gasteiger partial charge is 0.0319 e. The zero-order valence-corrected chi connectivity index (χ0v) is 14.2. The molecule has 17 heavy (non-hydrogen) atoms. The third-order valence-corrected chi connectivity index (χ3v) is 0.467. The Morgan fingerprint density at radius 1 is 0.824 bits per heavy atom. The summed E-state index contributed by atoms with van der Waals surface area (Å²) in [6.07, 6.45) is 5.60. The molecule has 0 aromatic rings. The van der Waals surface area contributed by atoms with Crippen molar-refractivity contribution in [3.63, 3.8) is 0 Å². The largest absolute Gasteiger partial charge is 0.400 e. The van der Waals surface area contributed by atoms with Gasteiger partial charge in [-0.2, -0.15) is 0 Å². The van der Waals surface area contributed by atoms with Crippen molar-refractivity contribution in [1.29, 1.82) is 0 Å². The van der Waals surface area contributed by atoms with Crippen molar-refractivity contribution in [3.05, 3.63) is 60.7 Å². The summed E-state index contributed by atoms with van der Waals surface area (Å²) in [4.78, 5) is 0. The zero-order valence-electron chi connectivity index (χ0n) is 12.6. The van der Waals surface area contributed by atoms with Crippen molar-refractivity contribution in [2.24, 2.45) is 0 Å². The molecule has 1 aliphatic carbocycles. The first kappa shape index (κ1) is 68.5. The van der Waals surface area contributed by atoms with Crippen molar-refractivity contribution in [2.45, 2.75) is 6.42 Å². The molecule has 1 rings (SSSR count). The minimum absolute atomic E-state index is 0. The molecule has 0 unspecified atom stereocenters. The number of aliphatic hydroxyl groups is 3. The van der Waals surface area contributed by atoms with Crippen LogP contribution in [0.1, 0.15) is 6.42 Å². The molecule has 0 aromatic heterocycles. The number of rotatable bonds is 0. The third-order valence-electron chi connectivity index (χ3n) is 0.467. The van der Waals surface area contributed by atoms with E-state index in [2.05, 4.69) is 17.5 Å². The van der Waals surface area contributed by atoms with Crippen molar-refractivity contribution < 1.29 is 37.0 Å². The summed E-state index contributed by atoms with van der Waals surface area (Å²) in [6, 6.07) is 0. The van der Waals surface area contributed by atoms with E-state index in [1.807, 2.05) is 6.08 Å². The fourth-order valence-electron chi connectivity index (χ4n) is 0.255. The second kappa shape index (κ2) is 147. The average molecular weight is 282 g/mol. The predicted molar refractivity (Wildman–Crippen MR) is 76.0 cm³/mol. The van der Waals surface area contributed by atoms with Crippen LogP contribution in [0.5, 0.6) is 0 Å². The molecule has 3 nitrogen and oxygen atoms in total. The van der Waals surface area contributed by atoms with E-state index in [4.69, 9.17) is 15.3 Å². The quantitative estimate of drug-likeness (QED) is 0.362. The Balaban J connectivity index is -0.00000000705. The maximum absolute atomic E-state index is 7.00. The Bertz CT molecular complexity index is 111. The first-order chi connectivity index (χ1) is 5.50. The van der Waals surface area contributed by atoms with Crippen LogP contribution in [0, 0.1) is 43.2 Å². The Kier molecular flexibility index (Phi) is 593. The van der Waals surface area contributed by atoms with E-state index in [0.717, 1.165) is 27.8 Å². The Labute approximate surface area is 125 Å². The standard InChI is InChI=1S/C5H3.3CH4O.5CH3.Ti/c1-2-4-5-3-1;3*1-2;;;;;;/h1H,2H2;3*2H,1H3;5*1H3;/q-1;;;;5*-1;. The van der Waals surface area contributed by atoms with Crippen LogP contribution in [0.15, 0.2) is 17.5 Å². The monoisotopic (exact) mass is 282 g/mol. The van der Waals surface area contributed by atoms with Gasteiger partial charge in [-0.1, -0.05) is 6.42 Å². The summed E-state index contributed by atoms with van der Waals surface area (Å²) in [5.41, 5.74) is 5.40. The summed E-state index contributed by atoms with van der Waals surface area (Å²) in [7, 11) is 3.00. The van der Waals surface area contributed by atoms with Crippen molar-refractivity contribution in [3.8, 4) is 0 Å². The molecule has 0 radical (unpaired) electrons. The fraction of sp³-hybridized carbons (Fsp3) is 0.308. The van der Waals surface area contributed by atoms with Gasteiger partial charge in [-0.25, -0.2) is 6.08 Å². The number of hydrogen-bond donors (Lipinski definition) is 3. The summed E-state index contributed by atoms with van der Waals surface area (Å²) < 4.78 is 0. The predicted octanol–water partition coefficient (Wildman–Crippen LogP) is 2.13. The molecular formula is C13H30O3Ti-6. The first-order valence-electron chi connectivity index (χ1n) is 2.89. The third kappa shape index (κ3) is 128. The minimum Gasteiger partial charge on any atom is -0.400 e. The van der Waals surface area contributed by atoms with Crippen LogP contribution >= 0.6 is 0 Å². The van der Waals surface area contributed by atoms with Gasteiger partial charge in [0.05, 0.1) is 0 Å². The molecule has 110 valence electrons. The topological polar surface area (TPSA) is 60.7 Å². The Morgan fingerprint density at radius 2 is 1.12 bits per heavy atom. The molecule has 0 spiro atoms. The van der Waals surface area contributed by atoms with Crippen LogP contribution in [-0.2, 0) is 21.7 Å². The van der Waals surface area contributed by atoms with E-state index in [9.17, 15) is 0 Å². The molecular weight excluding hydrogens is 252 g/mol. The fourth-order valence-corrected chi connectivity index (χ4v) is 0.255. The molecule has 0 amide bonds. The van der Waals surface area contributed by atoms with Crippen LogP contribution in [-0.4, -0.2) is 36.6 Å². The number of allylic oxidation sites excluding steroid dienone is 2. The van der Waals surface area contributed by atoms with E-state index >= 15 is 0 Å². The van der Waals surface area contributed by atoms with Crippen LogP contribution in [0.2, 0.25) is 0 Å². The van der Waals surface area contributed by atoms with Gasteiger partial charge in [0, 0.05) is 43.0 Å².